The van der Waals surface area contributed by atoms with Crippen LogP contribution in [0.15, 0.2) is 72.8 Å². The lowest BCUT2D eigenvalue weighted by Crippen LogP contribution is -1.94. The first-order chi connectivity index (χ1) is 14.3. The Kier molecular flexibility index (Phi) is 5.98. The lowest BCUT2D eigenvalue weighted by atomic mass is 10.1. The summed E-state index contributed by atoms with van der Waals surface area (Å²) in [6.07, 6.45) is 5.80. The van der Waals surface area contributed by atoms with Crippen LogP contribution in [0, 0.1) is 0 Å². The molecule has 0 aliphatic heterocycles. The van der Waals surface area contributed by atoms with Crippen LogP contribution in [0.25, 0.3) is 12.2 Å². The maximum Gasteiger partial charge on any atom is 0.189 e. The van der Waals surface area contributed by atoms with E-state index in [0.717, 1.165) is 23.3 Å². The summed E-state index contributed by atoms with van der Waals surface area (Å²) in [4.78, 5) is 24.3. The summed E-state index contributed by atoms with van der Waals surface area (Å²) < 4.78 is 0. The van der Waals surface area contributed by atoms with E-state index >= 15 is 0 Å². The molecule has 0 atom stereocenters. The first kappa shape index (κ1) is 20.4. The summed E-state index contributed by atoms with van der Waals surface area (Å²) in [5, 5.41) is 38.0. The van der Waals surface area contributed by atoms with Gasteiger partial charge in [-0.3, -0.25) is 9.59 Å². The summed E-state index contributed by atoms with van der Waals surface area (Å²) in [7, 11) is 0. The molecule has 6 heteroatoms. The van der Waals surface area contributed by atoms with Gasteiger partial charge < -0.3 is 20.4 Å². The van der Waals surface area contributed by atoms with Crippen LogP contribution in [-0.2, 0) is 0 Å². The Morgan fingerprint density at radius 3 is 1.27 bits per heavy atom. The topological polar surface area (TPSA) is 115 Å². The Morgan fingerprint density at radius 2 is 0.933 bits per heavy atom. The van der Waals surface area contributed by atoms with Crippen LogP contribution < -0.4 is 0 Å². The van der Waals surface area contributed by atoms with Crippen molar-refractivity contribution in [2.24, 2.45) is 0 Å². The van der Waals surface area contributed by atoms with Crippen LogP contribution >= 0.6 is 0 Å². The van der Waals surface area contributed by atoms with Gasteiger partial charge in [0.2, 0.25) is 0 Å². The molecule has 30 heavy (non-hydrogen) atoms. The summed E-state index contributed by atoms with van der Waals surface area (Å²) in [5.74, 6) is -1.66. The smallest absolute Gasteiger partial charge is 0.189 e. The third-order valence-electron chi connectivity index (χ3n) is 4.28. The number of hydrogen-bond donors (Lipinski definition) is 4. The maximum atomic E-state index is 12.2. The van der Waals surface area contributed by atoms with Crippen molar-refractivity contribution in [3.05, 3.63) is 95.1 Å². The molecule has 0 aromatic heterocycles. The van der Waals surface area contributed by atoms with Crippen LogP contribution in [0.5, 0.6) is 23.0 Å². The van der Waals surface area contributed by atoms with E-state index in [2.05, 4.69) is 0 Å². The number of rotatable bonds is 6. The predicted molar refractivity (Wildman–Crippen MR) is 113 cm³/mol. The van der Waals surface area contributed by atoms with Crippen molar-refractivity contribution >= 4 is 23.7 Å². The fourth-order valence-electron chi connectivity index (χ4n) is 2.70. The van der Waals surface area contributed by atoms with Crippen molar-refractivity contribution in [2.75, 3.05) is 0 Å². The Labute approximate surface area is 172 Å². The molecule has 0 fully saturated rings. The zero-order chi connectivity index (χ0) is 21.7. The summed E-state index contributed by atoms with van der Waals surface area (Å²) in [6, 6.07) is 14.5. The van der Waals surface area contributed by atoms with Gasteiger partial charge in [-0.1, -0.05) is 36.4 Å². The van der Waals surface area contributed by atoms with E-state index in [1.807, 2.05) is 0 Å². The molecule has 0 spiro atoms. The minimum Gasteiger partial charge on any atom is -0.508 e. The average Bonchev–Trinajstić information content (AvgIpc) is 2.71. The lowest BCUT2D eigenvalue weighted by Gasteiger charge is -2.01. The normalized spacial score (nSPS) is 11.2. The molecule has 0 bridgehead atoms. The standard InChI is InChI=1S/C24H18O6/c25-17-7-9-19(23(29)13-17)21(27)11-5-15-1-2-16(4-3-15)6-12-22(28)20-10-8-18(26)14-24(20)30/h1-14,25-26,29-30H/b11-5+,12-6+. The molecule has 0 saturated heterocycles. The number of carbonyl (C=O) groups excluding carboxylic acids is 2. The van der Waals surface area contributed by atoms with E-state index in [4.69, 9.17) is 0 Å². The molecular weight excluding hydrogens is 384 g/mol. The Balaban J connectivity index is 1.67. The van der Waals surface area contributed by atoms with Gasteiger partial charge in [-0.2, -0.15) is 0 Å². The number of hydrogen-bond acceptors (Lipinski definition) is 6. The van der Waals surface area contributed by atoms with Crippen molar-refractivity contribution in [1.29, 1.82) is 0 Å². The van der Waals surface area contributed by atoms with Crippen LogP contribution in [0.4, 0.5) is 0 Å². The molecule has 0 aliphatic carbocycles. The lowest BCUT2D eigenvalue weighted by molar-refractivity contribution is 0.103. The summed E-state index contributed by atoms with van der Waals surface area (Å²) in [5.41, 5.74) is 1.64. The monoisotopic (exact) mass is 402 g/mol. The van der Waals surface area contributed by atoms with Crippen molar-refractivity contribution in [1.82, 2.24) is 0 Å². The second-order valence-electron chi connectivity index (χ2n) is 6.46. The van der Waals surface area contributed by atoms with E-state index in [1.165, 1.54) is 36.4 Å². The highest BCUT2D eigenvalue weighted by Crippen LogP contribution is 2.24. The number of carbonyl (C=O) groups is 2. The fourth-order valence-corrected chi connectivity index (χ4v) is 2.70. The molecule has 3 aromatic rings. The molecule has 0 aliphatic rings. The van der Waals surface area contributed by atoms with Gasteiger partial charge in [-0.15, -0.1) is 0 Å². The van der Waals surface area contributed by atoms with Crippen LogP contribution in [0.1, 0.15) is 31.8 Å². The zero-order valence-corrected chi connectivity index (χ0v) is 15.7. The van der Waals surface area contributed by atoms with E-state index in [0.29, 0.717) is 0 Å². The molecule has 0 heterocycles. The SMILES string of the molecule is O=C(/C=C/c1ccc(/C=C/C(=O)c2ccc(O)cc2O)cc1)c1ccc(O)cc1O. The van der Waals surface area contributed by atoms with Gasteiger partial charge in [0.15, 0.2) is 11.6 Å². The Hall–Kier alpha value is -4.32. The minimum atomic E-state index is -0.407. The predicted octanol–water partition coefficient (Wildman–Crippen LogP) is 4.30. The van der Waals surface area contributed by atoms with Gasteiger partial charge in [-0.25, -0.2) is 0 Å². The van der Waals surface area contributed by atoms with Crippen LogP contribution in [-0.4, -0.2) is 32.0 Å². The van der Waals surface area contributed by atoms with Gasteiger partial charge in [0.25, 0.3) is 0 Å². The Bertz CT molecular complexity index is 1060. The summed E-state index contributed by atoms with van der Waals surface area (Å²) in [6.45, 7) is 0. The van der Waals surface area contributed by atoms with E-state index in [9.17, 15) is 30.0 Å². The van der Waals surface area contributed by atoms with Crippen molar-refractivity contribution < 1.29 is 30.0 Å². The van der Waals surface area contributed by atoms with Gasteiger partial charge in [0.1, 0.15) is 23.0 Å². The number of phenols is 4. The number of ketones is 2. The molecule has 0 saturated carbocycles. The third kappa shape index (κ3) is 4.94. The van der Waals surface area contributed by atoms with Crippen LogP contribution in [0.2, 0.25) is 0 Å². The molecule has 150 valence electrons. The van der Waals surface area contributed by atoms with Crippen molar-refractivity contribution in [2.45, 2.75) is 0 Å². The quantitative estimate of drug-likeness (QED) is 0.361. The fraction of sp³-hybridized carbons (Fsp3) is 0. The number of benzene rings is 3. The first-order valence-electron chi connectivity index (χ1n) is 8.92. The molecule has 6 nitrogen and oxygen atoms in total. The molecule has 0 unspecified atom stereocenters. The zero-order valence-electron chi connectivity index (χ0n) is 15.7. The third-order valence-corrected chi connectivity index (χ3v) is 4.28. The molecular formula is C24H18O6. The number of phenolic OH excluding ortho intramolecular Hbond substituents is 4. The number of aromatic hydroxyl groups is 4. The highest BCUT2D eigenvalue weighted by molar-refractivity contribution is 6.09. The van der Waals surface area contributed by atoms with Gasteiger partial charge >= 0.3 is 0 Å². The van der Waals surface area contributed by atoms with Crippen molar-refractivity contribution in [3.63, 3.8) is 0 Å². The van der Waals surface area contributed by atoms with Crippen molar-refractivity contribution in [3.8, 4) is 23.0 Å². The highest BCUT2D eigenvalue weighted by Gasteiger charge is 2.09. The molecule has 0 amide bonds. The minimum absolute atomic E-state index is 0.0830. The Morgan fingerprint density at radius 1 is 0.567 bits per heavy atom. The second kappa shape index (κ2) is 8.79. The first-order valence-corrected chi connectivity index (χ1v) is 8.92. The van der Waals surface area contributed by atoms with E-state index in [-0.39, 0.29) is 34.1 Å². The summed E-state index contributed by atoms with van der Waals surface area (Å²) >= 11 is 0. The maximum absolute atomic E-state index is 12.2. The average molecular weight is 402 g/mol. The van der Waals surface area contributed by atoms with Gasteiger partial charge in [0, 0.05) is 12.1 Å². The largest absolute Gasteiger partial charge is 0.508 e. The van der Waals surface area contributed by atoms with Gasteiger partial charge in [0.05, 0.1) is 11.1 Å². The molecule has 3 rings (SSSR count). The van der Waals surface area contributed by atoms with Gasteiger partial charge in [-0.05, 0) is 47.5 Å². The number of allylic oxidation sites excluding steroid dienone is 2. The highest BCUT2D eigenvalue weighted by atomic mass is 16.3. The molecule has 3 aromatic carbocycles. The van der Waals surface area contributed by atoms with E-state index < -0.39 is 11.6 Å². The molecule has 4 N–H and O–H groups in total. The van der Waals surface area contributed by atoms with Crippen LogP contribution in [0.3, 0.4) is 0 Å². The van der Waals surface area contributed by atoms with E-state index in [1.54, 1.807) is 36.4 Å². The second-order valence-corrected chi connectivity index (χ2v) is 6.46. The molecule has 0 radical (unpaired) electrons.